The highest BCUT2D eigenvalue weighted by Crippen LogP contribution is 2.00. The van der Waals surface area contributed by atoms with Gasteiger partial charge in [0.15, 0.2) is 5.96 Å². The first-order valence-corrected chi connectivity index (χ1v) is 5.99. The molecule has 0 heterocycles. The van der Waals surface area contributed by atoms with E-state index in [2.05, 4.69) is 10.3 Å². The summed E-state index contributed by atoms with van der Waals surface area (Å²) in [7, 11) is 0. The van der Waals surface area contributed by atoms with E-state index in [4.69, 9.17) is 10.5 Å². The summed E-state index contributed by atoms with van der Waals surface area (Å²) in [5, 5.41) is 2.36. The second kappa shape index (κ2) is 7.92. The molecular weight excluding hydrogens is 242 g/mol. The van der Waals surface area contributed by atoms with E-state index in [1.807, 2.05) is 50.3 Å². The zero-order valence-corrected chi connectivity index (χ0v) is 11.2. The number of carbonyl (C=O) groups excluding carboxylic acids is 1. The van der Waals surface area contributed by atoms with Gasteiger partial charge < -0.3 is 10.5 Å². The van der Waals surface area contributed by atoms with Gasteiger partial charge in [0.2, 0.25) is 0 Å². The van der Waals surface area contributed by atoms with Crippen molar-refractivity contribution in [1.29, 1.82) is 0 Å². The van der Waals surface area contributed by atoms with E-state index in [9.17, 15) is 4.79 Å². The Labute approximate surface area is 113 Å². The molecule has 1 rings (SSSR count). The van der Waals surface area contributed by atoms with Crippen LogP contribution in [0.25, 0.3) is 0 Å². The number of allylic oxidation sites excluding steroid dienone is 1. The summed E-state index contributed by atoms with van der Waals surface area (Å²) in [6, 6.07) is 9.41. The van der Waals surface area contributed by atoms with Crippen molar-refractivity contribution in [3.05, 3.63) is 47.5 Å². The van der Waals surface area contributed by atoms with Crippen molar-refractivity contribution < 1.29 is 9.53 Å². The van der Waals surface area contributed by atoms with Crippen LogP contribution in [0, 0.1) is 0 Å². The van der Waals surface area contributed by atoms with E-state index in [0.29, 0.717) is 6.54 Å². The minimum Gasteiger partial charge on any atom is -0.444 e. The van der Waals surface area contributed by atoms with Crippen molar-refractivity contribution in [2.75, 3.05) is 6.54 Å². The maximum absolute atomic E-state index is 11.4. The molecule has 0 aromatic heterocycles. The highest BCUT2D eigenvalue weighted by Gasteiger charge is 2.03. The number of benzene rings is 1. The molecule has 0 aliphatic carbocycles. The molecule has 1 amide bonds. The molecule has 102 valence electrons. The van der Waals surface area contributed by atoms with E-state index in [0.717, 1.165) is 11.1 Å². The van der Waals surface area contributed by atoms with Gasteiger partial charge in [0.25, 0.3) is 0 Å². The minimum atomic E-state index is -0.609. The van der Waals surface area contributed by atoms with Crippen LogP contribution in [0.2, 0.25) is 0 Å². The average Bonchev–Trinajstić information content (AvgIpc) is 2.37. The number of nitrogens with zero attached hydrogens (tertiary/aromatic N) is 1. The summed E-state index contributed by atoms with van der Waals surface area (Å²) in [5.74, 6) is 0.0514. The molecule has 0 saturated carbocycles. The maximum Gasteiger partial charge on any atom is 0.414 e. The van der Waals surface area contributed by atoms with Gasteiger partial charge in [0.1, 0.15) is 6.61 Å². The molecule has 19 heavy (non-hydrogen) atoms. The Hall–Kier alpha value is -2.30. The molecule has 0 radical (unpaired) electrons. The second-order valence-corrected chi connectivity index (χ2v) is 4.19. The normalized spacial score (nSPS) is 10.7. The first kappa shape index (κ1) is 14.8. The zero-order valence-electron chi connectivity index (χ0n) is 11.2. The van der Waals surface area contributed by atoms with E-state index >= 15 is 0 Å². The third-order valence-electron chi connectivity index (χ3n) is 2.20. The Morgan fingerprint density at radius 2 is 2.05 bits per heavy atom. The molecule has 1 aromatic rings. The molecule has 0 atom stereocenters. The lowest BCUT2D eigenvalue weighted by atomic mass is 10.2. The largest absolute Gasteiger partial charge is 0.444 e. The van der Waals surface area contributed by atoms with Gasteiger partial charge in [-0.2, -0.15) is 0 Å². The van der Waals surface area contributed by atoms with Gasteiger partial charge in [0, 0.05) is 0 Å². The van der Waals surface area contributed by atoms with Crippen molar-refractivity contribution in [2.24, 2.45) is 10.7 Å². The lowest BCUT2D eigenvalue weighted by Gasteiger charge is -2.06. The second-order valence-electron chi connectivity index (χ2n) is 4.19. The molecule has 5 nitrogen and oxygen atoms in total. The number of nitrogens with two attached hydrogens (primary N) is 1. The fourth-order valence-corrected chi connectivity index (χ4v) is 1.23. The van der Waals surface area contributed by atoms with E-state index in [1.54, 1.807) is 0 Å². The summed E-state index contributed by atoms with van der Waals surface area (Å²) in [6.07, 6.45) is 1.30. The van der Waals surface area contributed by atoms with Crippen molar-refractivity contribution in [2.45, 2.75) is 20.5 Å². The van der Waals surface area contributed by atoms with Gasteiger partial charge in [-0.25, -0.2) is 9.79 Å². The maximum atomic E-state index is 11.4. The average molecular weight is 261 g/mol. The molecule has 5 heteroatoms. The minimum absolute atomic E-state index is 0.0514. The number of guanidine groups is 1. The summed E-state index contributed by atoms with van der Waals surface area (Å²) in [5.41, 5.74) is 7.59. The van der Waals surface area contributed by atoms with Gasteiger partial charge in [-0.3, -0.25) is 5.32 Å². The molecule has 0 unspecified atom stereocenters. The first-order chi connectivity index (χ1) is 9.08. The number of hydrogen-bond acceptors (Lipinski definition) is 3. The van der Waals surface area contributed by atoms with Crippen molar-refractivity contribution >= 4 is 12.1 Å². The van der Waals surface area contributed by atoms with Crippen LogP contribution in [0.1, 0.15) is 19.4 Å². The zero-order chi connectivity index (χ0) is 14.1. The van der Waals surface area contributed by atoms with E-state index < -0.39 is 6.09 Å². The smallest absolute Gasteiger partial charge is 0.414 e. The van der Waals surface area contributed by atoms with Crippen LogP contribution in [-0.2, 0) is 11.3 Å². The highest BCUT2D eigenvalue weighted by molar-refractivity contribution is 5.92. The van der Waals surface area contributed by atoms with Gasteiger partial charge in [-0.05, 0) is 19.4 Å². The molecule has 0 aliphatic heterocycles. The Kier molecular flexibility index (Phi) is 6.15. The van der Waals surface area contributed by atoms with Crippen molar-refractivity contribution in [3.63, 3.8) is 0 Å². The molecule has 3 N–H and O–H groups in total. The first-order valence-electron chi connectivity index (χ1n) is 5.99. The number of amides is 1. The van der Waals surface area contributed by atoms with Crippen LogP contribution in [0.5, 0.6) is 0 Å². The molecule has 0 saturated heterocycles. The van der Waals surface area contributed by atoms with Crippen LogP contribution in [0.15, 0.2) is 47.0 Å². The topological polar surface area (TPSA) is 76.7 Å². The summed E-state index contributed by atoms with van der Waals surface area (Å²) >= 11 is 0. The van der Waals surface area contributed by atoms with Crippen molar-refractivity contribution in [1.82, 2.24) is 5.32 Å². The summed E-state index contributed by atoms with van der Waals surface area (Å²) < 4.78 is 5.00. The number of aliphatic imine (C=N–C) groups is 1. The number of hydrogen-bond donors (Lipinski definition) is 2. The van der Waals surface area contributed by atoms with Gasteiger partial charge in [-0.15, -0.1) is 0 Å². The number of alkyl carbamates (subject to hydrolysis) is 1. The summed E-state index contributed by atoms with van der Waals surface area (Å²) in [6.45, 7) is 4.57. The SMILES string of the molecule is CC(C)=CCN=C(N)NC(=O)OCc1ccccc1. The van der Waals surface area contributed by atoms with Crippen LogP contribution >= 0.6 is 0 Å². The van der Waals surface area contributed by atoms with Crippen LogP contribution in [0.4, 0.5) is 4.79 Å². The lowest BCUT2D eigenvalue weighted by molar-refractivity contribution is 0.145. The standard InChI is InChI=1S/C14H19N3O2/c1-11(2)8-9-16-13(15)17-14(18)19-10-12-6-4-3-5-7-12/h3-8H,9-10H2,1-2H3,(H3,15,16,17,18). The third kappa shape index (κ3) is 6.88. The quantitative estimate of drug-likeness (QED) is 0.495. The van der Waals surface area contributed by atoms with Gasteiger partial charge in [0.05, 0.1) is 6.54 Å². The molecule has 0 spiro atoms. The van der Waals surface area contributed by atoms with Crippen molar-refractivity contribution in [3.8, 4) is 0 Å². The van der Waals surface area contributed by atoms with E-state index in [1.165, 1.54) is 0 Å². The molecule has 1 aromatic carbocycles. The monoisotopic (exact) mass is 261 g/mol. The molecule has 0 bridgehead atoms. The van der Waals surface area contributed by atoms with Crippen LogP contribution in [0.3, 0.4) is 0 Å². The van der Waals surface area contributed by atoms with Crippen LogP contribution in [-0.4, -0.2) is 18.6 Å². The fraction of sp³-hybridized carbons (Fsp3) is 0.286. The van der Waals surface area contributed by atoms with E-state index in [-0.39, 0.29) is 12.6 Å². The molecule has 0 fully saturated rings. The number of ether oxygens (including phenoxy) is 1. The van der Waals surface area contributed by atoms with Gasteiger partial charge >= 0.3 is 6.09 Å². The Balaban J connectivity index is 2.33. The number of carbonyl (C=O) groups is 1. The molecule has 0 aliphatic rings. The third-order valence-corrected chi connectivity index (χ3v) is 2.20. The number of rotatable bonds is 4. The molecular formula is C14H19N3O2. The lowest BCUT2D eigenvalue weighted by Crippen LogP contribution is -2.37. The van der Waals surface area contributed by atoms with Crippen LogP contribution < -0.4 is 11.1 Å². The highest BCUT2D eigenvalue weighted by atomic mass is 16.5. The Bertz CT molecular complexity index is 463. The fourth-order valence-electron chi connectivity index (χ4n) is 1.23. The Morgan fingerprint density at radius 3 is 2.68 bits per heavy atom. The van der Waals surface area contributed by atoms with Gasteiger partial charge in [-0.1, -0.05) is 42.0 Å². The predicted octanol–water partition coefficient (Wildman–Crippen LogP) is 2.19. The Morgan fingerprint density at radius 1 is 1.37 bits per heavy atom. The predicted molar refractivity (Wildman–Crippen MR) is 75.7 cm³/mol. The summed E-state index contributed by atoms with van der Waals surface area (Å²) in [4.78, 5) is 15.4. The number of nitrogens with one attached hydrogen (secondary N) is 1.